The van der Waals surface area contributed by atoms with Crippen molar-refractivity contribution in [1.82, 2.24) is 0 Å². The Bertz CT molecular complexity index is 709. The molecule has 0 bridgehead atoms. The molecule has 0 fully saturated rings. The van der Waals surface area contributed by atoms with E-state index in [1.54, 1.807) is 42.5 Å². The van der Waals surface area contributed by atoms with Crippen LogP contribution in [0, 0.1) is 0 Å². The zero-order valence-electron chi connectivity index (χ0n) is 11.1. The summed E-state index contributed by atoms with van der Waals surface area (Å²) < 4.78 is 10.4. The molecule has 106 valence electrons. The lowest BCUT2D eigenvalue weighted by atomic mass is 10.1. The minimum absolute atomic E-state index is 0.123. The Morgan fingerprint density at radius 1 is 1.14 bits per heavy atom. The lowest BCUT2D eigenvalue weighted by molar-refractivity contribution is 0.104. The van der Waals surface area contributed by atoms with E-state index in [-0.39, 0.29) is 18.3 Å². The number of allylic oxidation sites excluding steroid dienone is 1. The molecule has 21 heavy (non-hydrogen) atoms. The zero-order valence-corrected chi connectivity index (χ0v) is 11.1. The van der Waals surface area contributed by atoms with Gasteiger partial charge in [0.2, 0.25) is 6.79 Å². The second-order valence-electron chi connectivity index (χ2n) is 4.43. The topological polar surface area (TPSA) is 67.8 Å². The Morgan fingerprint density at radius 3 is 2.81 bits per heavy atom. The summed E-state index contributed by atoms with van der Waals surface area (Å²) in [6.45, 7) is 0.178. The quantitative estimate of drug-likeness (QED) is 0.513. The average molecular weight is 283 g/mol. The van der Waals surface area contributed by atoms with Crippen molar-refractivity contribution in [1.29, 1.82) is 0 Å². The molecule has 0 amide bonds. The van der Waals surface area contributed by atoms with E-state index in [0.29, 0.717) is 22.7 Å². The van der Waals surface area contributed by atoms with Crippen LogP contribution in [-0.2, 0) is 0 Å². The van der Waals surface area contributed by atoms with Crippen LogP contribution in [-0.4, -0.2) is 17.7 Å². The second kappa shape index (κ2) is 5.58. The van der Waals surface area contributed by atoms with E-state index in [9.17, 15) is 9.90 Å². The van der Waals surface area contributed by atoms with Crippen LogP contribution in [0.1, 0.15) is 10.4 Å². The summed E-state index contributed by atoms with van der Waals surface area (Å²) in [5, 5.41) is 12.4. The van der Waals surface area contributed by atoms with Crippen LogP contribution in [0.4, 0.5) is 5.69 Å². The maximum absolute atomic E-state index is 12.0. The van der Waals surface area contributed by atoms with Gasteiger partial charge in [-0.25, -0.2) is 0 Å². The molecular weight excluding hydrogens is 270 g/mol. The average Bonchev–Trinajstić information content (AvgIpc) is 2.96. The van der Waals surface area contributed by atoms with Crippen molar-refractivity contribution in [3.63, 3.8) is 0 Å². The number of fused-ring (bicyclic) bond motifs is 1. The van der Waals surface area contributed by atoms with Gasteiger partial charge in [-0.2, -0.15) is 0 Å². The maximum atomic E-state index is 12.0. The predicted molar refractivity (Wildman–Crippen MR) is 77.8 cm³/mol. The van der Waals surface area contributed by atoms with Crippen molar-refractivity contribution in [3.05, 3.63) is 60.3 Å². The van der Waals surface area contributed by atoms with Gasteiger partial charge in [0.05, 0.1) is 5.69 Å². The van der Waals surface area contributed by atoms with Crippen molar-refractivity contribution in [2.45, 2.75) is 0 Å². The normalized spacial score (nSPS) is 12.6. The smallest absolute Gasteiger partial charge is 0.231 e. The first-order valence-electron chi connectivity index (χ1n) is 6.39. The molecule has 1 aliphatic heterocycles. The van der Waals surface area contributed by atoms with Gasteiger partial charge >= 0.3 is 0 Å². The van der Waals surface area contributed by atoms with Gasteiger partial charge in [0, 0.05) is 17.8 Å². The third kappa shape index (κ3) is 2.81. The number of ketones is 1. The van der Waals surface area contributed by atoms with Crippen LogP contribution in [0.15, 0.2) is 54.7 Å². The third-order valence-electron chi connectivity index (χ3n) is 3.03. The van der Waals surface area contributed by atoms with E-state index in [0.717, 1.165) is 0 Å². The van der Waals surface area contributed by atoms with Crippen molar-refractivity contribution >= 4 is 11.5 Å². The molecule has 0 unspecified atom stereocenters. The first kappa shape index (κ1) is 13.1. The fourth-order valence-electron chi connectivity index (χ4n) is 1.95. The number of ether oxygens (including phenoxy) is 2. The highest BCUT2D eigenvalue weighted by Crippen LogP contribution is 2.32. The van der Waals surface area contributed by atoms with Gasteiger partial charge in [-0.1, -0.05) is 12.1 Å². The maximum Gasteiger partial charge on any atom is 0.231 e. The number of carbonyl (C=O) groups excluding carboxylic acids is 1. The number of para-hydroxylation sites is 2. The molecule has 0 aliphatic carbocycles. The number of aromatic hydroxyl groups is 1. The molecule has 5 heteroatoms. The molecule has 0 saturated heterocycles. The number of anilines is 1. The number of rotatable bonds is 4. The van der Waals surface area contributed by atoms with Crippen LogP contribution in [0.2, 0.25) is 0 Å². The molecular formula is C16H13NO4. The Kier molecular flexibility index (Phi) is 3.47. The van der Waals surface area contributed by atoms with Crippen LogP contribution >= 0.6 is 0 Å². The Balaban J connectivity index is 1.69. The largest absolute Gasteiger partial charge is 0.506 e. The predicted octanol–water partition coefficient (Wildman–Crippen LogP) is 2.93. The summed E-state index contributed by atoms with van der Waals surface area (Å²) in [6.07, 6.45) is 2.88. The number of hydrogen-bond acceptors (Lipinski definition) is 5. The molecule has 2 N–H and O–H groups in total. The van der Waals surface area contributed by atoms with Crippen LogP contribution in [0.25, 0.3) is 0 Å². The standard InChI is InChI=1S/C16H13NO4/c18-13(7-8-17-12-3-1-2-4-14(12)19)11-5-6-15-16(9-11)21-10-20-15/h1-9,17,19H,10H2/b8-7-. The Labute approximate surface area is 121 Å². The van der Waals surface area contributed by atoms with Gasteiger partial charge in [-0.15, -0.1) is 0 Å². The molecule has 3 rings (SSSR count). The number of benzene rings is 2. The summed E-state index contributed by atoms with van der Waals surface area (Å²) in [5.74, 6) is 1.17. The first-order chi connectivity index (χ1) is 10.2. The number of carbonyl (C=O) groups is 1. The SMILES string of the molecule is O=C(/C=C\Nc1ccccc1O)c1ccc2c(c1)OCO2. The van der Waals surface area contributed by atoms with Crippen molar-refractivity contribution in [3.8, 4) is 17.2 Å². The highest BCUT2D eigenvalue weighted by molar-refractivity contribution is 6.05. The number of hydrogen-bond donors (Lipinski definition) is 2. The van der Waals surface area contributed by atoms with Crippen molar-refractivity contribution < 1.29 is 19.4 Å². The molecule has 2 aromatic carbocycles. The Morgan fingerprint density at radius 2 is 1.95 bits per heavy atom. The molecule has 5 nitrogen and oxygen atoms in total. The summed E-state index contributed by atoms with van der Waals surface area (Å²) in [5.41, 5.74) is 1.04. The number of nitrogens with one attached hydrogen (secondary N) is 1. The lowest BCUT2D eigenvalue weighted by Gasteiger charge is -2.03. The van der Waals surface area contributed by atoms with E-state index in [1.165, 1.54) is 12.3 Å². The molecule has 2 aromatic rings. The molecule has 1 heterocycles. The van der Waals surface area contributed by atoms with Gasteiger partial charge in [0.15, 0.2) is 17.3 Å². The fourth-order valence-corrected chi connectivity index (χ4v) is 1.95. The van der Waals surface area contributed by atoms with Gasteiger partial charge < -0.3 is 19.9 Å². The van der Waals surface area contributed by atoms with E-state index >= 15 is 0 Å². The van der Waals surface area contributed by atoms with E-state index in [2.05, 4.69) is 5.32 Å². The van der Waals surface area contributed by atoms with Gasteiger partial charge in [-0.05, 0) is 30.3 Å². The molecule has 0 spiro atoms. The highest BCUT2D eigenvalue weighted by atomic mass is 16.7. The van der Waals surface area contributed by atoms with Gasteiger partial charge in [0.1, 0.15) is 5.75 Å². The van der Waals surface area contributed by atoms with Gasteiger partial charge in [0.25, 0.3) is 0 Å². The van der Waals surface area contributed by atoms with E-state index < -0.39 is 0 Å². The molecule has 0 atom stereocenters. The van der Waals surface area contributed by atoms with Crippen LogP contribution in [0.3, 0.4) is 0 Å². The van der Waals surface area contributed by atoms with Crippen molar-refractivity contribution in [2.24, 2.45) is 0 Å². The second-order valence-corrected chi connectivity index (χ2v) is 4.43. The Hall–Kier alpha value is -2.95. The minimum atomic E-state index is -0.170. The monoisotopic (exact) mass is 283 g/mol. The van der Waals surface area contributed by atoms with Crippen LogP contribution < -0.4 is 14.8 Å². The van der Waals surface area contributed by atoms with E-state index in [4.69, 9.17) is 9.47 Å². The van der Waals surface area contributed by atoms with Crippen LogP contribution in [0.5, 0.6) is 17.2 Å². The molecule has 0 radical (unpaired) electrons. The number of phenolic OH excluding ortho intramolecular Hbond substituents is 1. The number of phenols is 1. The summed E-state index contributed by atoms with van der Waals surface area (Å²) in [6, 6.07) is 11.8. The molecule has 0 aromatic heterocycles. The highest BCUT2D eigenvalue weighted by Gasteiger charge is 2.14. The summed E-state index contributed by atoms with van der Waals surface area (Å²) in [7, 11) is 0. The first-order valence-corrected chi connectivity index (χ1v) is 6.39. The van der Waals surface area contributed by atoms with Gasteiger partial charge in [-0.3, -0.25) is 4.79 Å². The molecule has 0 saturated carbocycles. The minimum Gasteiger partial charge on any atom is -0.506 e. The van der Waals surface area contributed by atoms with Crippen molar-refractivity contribution in [2.75, 3.05) is 12.1 Å². The molecule has 1 aliphatic rings. The lowest BCUT2D eigenvalue weighted by Crippen LogP contribution is -1.96. The zero-order chi connectivity index (χ0) is 14.7. The fraction of sp³-hybridized carbons (Fsp3) is 0.0625. The summed E-state index contributed by atoms with van der Waals surface area (Å²) >= 11 is 0. The third-order valence-corrected chi connectivity index (χ3v) is 3.03. The van der Waals surface area contributed by atoms with E-state index in [1.807, 2.05) is 0 Å². The summed E-state index contributed by atoms with van der Waals surface area (Å²) in [4.78, 5) is 12.0.